The van der Waals surface area contributed by atoms with Gasteiger partial charge in [-0.15, -0.1) is 0 Å². The van der Waals surface area contributed by atoms with Crippen molar-refractivity contribution >= 4 is 12.0 Å². The molecule has 0 aromatic heterocycles. The monoisotopic (exact) mass is 298 g/mol. The average Bonchev–Trinajstić information content (AvgIpc) is 2.87. The number of nitrogens with zero attached hydrogens (tertiary/aromatic N) is 1. The zero-order valence-corrected chi connectivity index (χ0v) is 12.7. The Morgan fingerprint density at radius 2 is 2.14 bits per heavy atom. The zero-order chi connectivity index (χ0) is 15.5. The lowest BCUT2D eigenvalue weighted by Crippen LogP contribution is -2.59. The van der Waals surface area contributed by atoms with Gasteiger partial charge in [-0.05, 0) is 37.5 Å². The number of amides is 2. The molecule has 6 nitrogen and oxygen atoms in total. The molecule has 120 valence electrons. The molecule has 0 spiro atoms. The average molecular weight is 298 g/mol. The molecule has 0 bridgehead atoms. The van der Waals surface area contributed by atoms with Crippen LogP contribution in [0.1, 0.15) is 45.4 Å². The minimum atomic E-state index is -1.11. The summed E-state index contributed by atoms with van der Waals surface area (Å²) < 4.78 is 0. The second-order valence-corrected chi connectivity index (χ2v) is 6.63. The molecule has 3 unspecified atom stereocenters. The van der Waals surface area contributed by atoms with Gasteiger partial charge in [-0.25, -0.2) is 9.59 Å². The zero-order valence-electron chi connectivity index (χ0n) is 12.7. The minimum Gasteiger partial charge on any atom is -0.480 e. The van der Waals surface area contributed by atoms with E-state index in [9.17, 15) is 14.7 Å². The van der Waals surface area contributed by atoms with E-state index in [1.165, 1.54) is 0 Å². The van der Waals surface area contributed by atoms with Gasteiger partial charge >= 0.3 is 12.0 Å². The number of hydrogen-bond donors (Lipinski definition) is 3. The van der Waals surface area contributed by atoms with Crippen LogP contribution in [-0.4, -0.2) is 52.3 Å². The number of aliphatic hydroxyl groups is 1. The summed E-state index contributed by atoms with van der Waals surface area (Å²) in [5.74, 6) is -0.281. The molecule has 21 heavy (non-hydrogen) atoms. The molecule has 0 radical (unpaired) electrons. The molecule has 0 aromatic rings. The van der Waals surface area contributed by atoms with Gasteiger partial charge in [0, 0.05) is 19.7 Å². The summed E-state index contributed by atoms with van der Waals surface area (Å²) in [7, 11) is 0. The molecule has 2 rings (SSSR count). The highest BCUT2D eigenvalue weighted by Crippen LogP contribution is 2.33. The molecule has 1 aliphatic heterocycles. The highest BCUT2D eigenvalue weighted by atomic mass is 16.4. The number of carbonyl (C=O) groups is 2. The van der Waals surface area contributed by atoms with Gasteiger partial charge in [0.2, 0.25) is 0 Å². The van der Waals surface area contributed by atoms with E-state index in [0.29, 0.717) is 44.2 Å². The molecule has 1 saturated heterocycles. The van der Waals surface area contributed by atoms with E-state index in [1.54, 1.807) is 4.90 Å². The van der Waals surface area contributed by atoms with Crippen LogP contribution in [0, 0.1) is 11.8 Å². The molecule has 2 amide bonds. The van der Waals surface area contributed by atoms with Gasteiger partial charge in [0.25, 0.3) is 0 Å². The van der Waals surface area contributed by atoms with E-state index in [-0.39, 0.29) is 12.6 Å². The van der Waals surface area contributed by atoms with Crippen molar-refractivity contribution in [2.75, 3.05) is 19.7 Å². The van der Waals surface area contributed by atoms with Crippen molar-refractivity contribution in [2.45, 2.75) is 51.0 Å². The first-order chi connectivity index (χ1) is 9.97. The number of carbonyl (C=O) groups excluding carboxylic acids is 1. The van der Waals surface area contributed by atoms with Crippen molar-refractivity contribution in [3.8, 4) is 0 Å². The second-order valence-electron chi connectivity index (χ2n) is 6.63. The Morgan fingerprint density at radius 3 is 2.76 bits per heavy atom. The molecule has 0 aromatic carbocycles. The fraction of sp³-hybridized carbons (Fsp3) is 0.867. The first-order valence-electron chi connectivity index (χ1n) is 7.88. The first kappa shape index (κ1) is 16.1. The van der Waals surface area contributed by atoms with Crippen molar-refractivity contribution in [2.24, 2.45) is 11.8 Å². The van der Waals surface area contributed by atoms with Crippen LogP contribution in [0.2, 0.25) is 0 Å². The normalized spacial score (nSPS) is 33.0. The third kappa shape index (κ3) is 3.67. The van der Waals surface area contributed by atoms with E-state index in [1.807, 2.05) is 6.92 Å². The van der Waals surface area contributed by atoms with Crippen LogP contribution < -0.4 is 5.32 Å². The van der Waals surface area contributed by atoms with Crippen molar-refractivity contribution in [3.05, 3.63) is 0 Å². The molecule has 1 heterocycles. The summed E-state index contributed by atoms with van der Waals surface area (Å²) in [4.78, 5) is 25.7. The van der Waals surface area contributed by atoms with Gasteiger partial charge in [0.15, 0.2) is 0 Å². The number of aliphatic carboxylic acids is 1. The quantitative estimate of drug-likeness (QED) is 0.732. The van der Waals surface area contributed by atoms with E-state index < -0.39 is 11.5 Å². The van der Waals surface area contributed by atoms with Crippen LogP contribution in [0.3, 0.4) is 0 Å². The van der Waals surface area contributed by atoms with Gasteiger partial charge < -0.3 is 20.4 Å². The molecule has 1 aliphatic carbocycles. The number of urea groups is 1. The minimum absolute atomic E-state index is 0.136. The Kier molecular flexibility index (Phi) is 5.08. The SMILES string of the molecule is CC1CCCC(NC(=O)N2CCC(CCO)C2)(C(=O)O)C1. The highest BCUT2D eigenvalue weighted by Gasteiger charge is 2.44. The standard InChI is InChI=1S/C15H26N2O4/c1-11-3-2-6-15(9-11,13(19)20)16-14(21)17-7-4-12(10-17)5-8-18/h11-12,18H,2-10H2,1H3,(H,16,21)(H,19,20). The summed E-state index contributed by atoms with van der Waals surface area (Å²) in [5, 5.41) is 21.3. The summed E-state index contributed by atoms with van der Waals surface area (Å²) >= 11 is 0. The fourth-order valence-corrected chi connectivity index (χ4v) is 3.63. The topological polar surface area (TPSA) is 89.9 Å². The number of rotatable bonds is 4. The van der Waals surface area contributed by atoms with Crippen LogP contribution in [0.5, 0.6) is 0 Å². The third-order valence-electron chi connectivity index (χ3n) is 4.86. The van der Waals surface area contributed by atoms with Crippen molar-refractivity contribution in [3.63, 3.8) is 0 Å². The maximum atomic E-state index is 12.4. The number of nitrogens with one attached hydrogen (secondary N) is 1. The largest absolute Gasteiger partial charge is 0.480 e. The van der Waals surface area contributed by atoms with Crippen LogP contribution in [0.4, 0.5) is 4.79 Å². The molecular weight excluding hydrogens is 272 g/mol. The summed E-state index contributed by atoms with van der Waals surface area (Å²) in [6.45, 7) is 3.42. The van der Waals surface area contributed by atoms with Crippen molar-refractivity contribution in [1.29, 1.82) is 0 Å². The number of carboxylic acid groups (broad SMARTS) is 1. The number of aliphatic hydroxyl groups excluding tert-OH is 1. The smallest absolute Gasteiger partial charge is 0.329 e. The van der Waals surface area contributed by atoms with Crippen LogP contribution in [0.15, 0.2) is 0 Å². The molecule has 1 saturated carbocycles. The van der Waals surface area contributed by atoms with E-state index in [2.05, 4.69) is 5.32 Å². The van der Waals surface area contributed by atoms with Crippen LogP contribution >= 0.6 is 0 Å². The fourth-order valence-electron chi connectivity index (χ4n) is 3.63. The van der Waals surface area contributed by atoms with E-state index in [4.69, 9.17) is 5.11 Å². The number of hydrogen-bond acceptors (Lipinski definition) is 3. The second kappa shape index (κ2) is 6.64. The van der Waals surface area contributed by atoms with Gasteiger partial charge in [-0.3, -0.25) is 0 Å². The summed E-state index contributed by atoms with van der Waals surface area (Å²) in [6, 6.07) is -0.271. The third-order valence-corrected chi connectivity index (χ3v) is 4.86. The Bertz CT molecular complexity index is 401. The molecule has 3 atom stereocenters. The van der Waals surface area contributed by atoms with Crippen LogP contribution in [0.25, 0.3) is 0 Å². The Labute approximate surface area is 125 Å². The van der Waals surface area contributed by atoms with E-state index in [0.717, 1.165) is 19.3 Å². The first-order valence-corrected chi connectivity index (χ1v) is 7.88. The van der Waals surface area contributed by atoms with E-state index >= 15 is 0 Å². The lowest BCUT2D eigenvalue weighted by Gasteiger charge is -2.38. The predicted octanol–water partition coefficient (Wildman–Crippen LogP) is 1.43. The molecule has 3 N–H and O–H groups in total. The van der Waals surface area contributed by atoms with Gasteiger partial charge in [-0.1, -0.05) is 19.8 Å². The Morgan fingerprint density at radius 1 is 1.38 bits per heavy atom. The van der Waals surface area contributed by atoms with Crippen molar-refractivity contribution in [1.82, 2.24) is 10.2 Å². The van der Waals surface area contributed by atoms with Gasteiger partial charge in [0.1, 0.15) is 5.54 Å². The lowest BCUT2D eigenvalue weighted by molar-refractivity contribution is -0.146. The number of likely N-dealkylation sites (tertiary alicyclic amines) is 1. The van der Waals surface area contributed by atoms with Crippen LogP contribution in [-0.2, 0) is 4.79 Å². The lowest BCUT2D eigenvalue weighted by atomic mass is 9.76. The van der Waals surface area contributed by atoms with Crippen molar-refractivity contribution < 1.29 is 19.8 Å². The maximum absolute atomic E-state index is 12.4. The Hall–Kier alpha value is -1.30. The molecular formula is C15H26N2O4. The highest BCUT2D eigenvalue weighted by molar-refractivity contribution is 5.86. The molecule has 6 heteroatoms. The van der Waals surface area contributed by atoms with Gasteiger partial charge in [-0.2, -0.15) is 0 Å². The molecule has 2 fully saturated rings. The molecule has 2 aliphatic rings. The predicted molar refractivity (Wildman–Crippen MR) is 77.9 cm³/mol. The number of carboxylic acids is 1. The maximum Gasteiger partial charge on any atom is 0.329 e. The van der Waals surface area contributed by atoms with Gasteiger partial charge in [0.05, 0.1) is 0 Å². The summed E-state index contributed by atoms with van der Waals surface area (Å²) in [5.41, 5.74) is -1.11. The summed E-state index contributed by atoms with van der Waals surface area (Å²) in [6.07, 6.45) is 4.44. The Balaban J connectivity index is 1.98.